The topological polar surface area (TPSA) is 63.9 Å². The summed E-state index contributed by atoms with van der Waals surface area (Å²) < 4.78 is 5.17. The van der Waals surface area contributed by atoms with Crippen LogP contribution < -0.4 is 4.74 Å². The van der Waals surface area contributed by atoms with Crippen molar-refractivity contribution in [1.82, 2.24) is 4.98 Å². The molecule has 0 N–H and O–H groups in total. The number of ether oxygens (including phenoxy) is 1. The molecule has 2 aromatic rings. The van der Waals surface area contributed by atoms with Crippen LogP contribution in [0.1, 0.15) is 13.8 Å². The van der Waals surface area contributed by atoms with Crippen LogP contribution in [-0.4, -0.2) is 11.0 Å². The van der Waals surface area contributed by atoms with Gasteiger partial charge in [0.05, 0.1) is 17.3 Å². The van der Waals surface area contributed by atoms with Crippen LogP contribution in [0.15, 0.2) is 59.0 Å². The molecule has 0 aliphatic carbocycles. The van der Waals surface area contributed by atoms with Crippen molar-refractivity contribution >= 4 is 17.3 Å². The summed E-state index contributed by atoms with van der Waals surface area (Å²) in [6, 6.07) is 10.4. The molecular weight excluding hydrogens is 254 g/mol. The first-order chi connectivity index (χ1) is 9.65. The maximum absolute atomic E-state index is 11.4. The van der Waals surface area contributed by atoms with Gasteiger partial charge in [0.15, 0.2) is 0 Å². The number of hydrogen-bond acceptors (Lipinski definition) is 5. The Morgan fingerprint density at radius 3 is 2.10 bits per heavy atom. The number of nitrogens with zero attached hydrogens (tertiary/aromatic N) is 3. The van der Waals surface area contributed by atoms with Crippen LogP contribution in [0.2, 0.25) is 0 Å². The number of hydrogen-bond donors (Lipinski definition) is 0. The third-order valence-electron chi connectivity index (χ3n) is 2.47. The van der Waals surface area contributed by atoms with E-state index in [-0.39, 0.29) is 11.9 Å². The Morgan fingerprint density at radius 2 is 1.55 bits per heavy atom. The Kier molecular flexibility index (Phi) is 4.55. The maximum atomic E-state index is 11.4. The molecule has 2 rings (SSSR count). The van der Waals surface area contributed by atoms with Crippen LogP contribution in [0.3, 0.4) is 0 Å². The largest absolute Gasteiger partial charge is 0.426 e. The Morgan fingerprint density at radius 1 is 1.00 bits per heavy atom. The molecule has 102 valence electrons. The van der Waals surface area contributed by atoms with Crippen molar-refractivity contribution in [3.63, 3.8) is 0 Å². The fourth-order valence-electron chi connectivity index (χ4n) is 1.34. The number of carbonyl (C=O) groups excluding carboxylic acids is 1. The van der Waals surface area contributed by atoms with E-state index in [0.29, 0.717) is 11.4 Å². The number of azo groups is 1. The summed E-state index contributed by atoms with van der Waals surface area (Å²) in [5, 5.41) is 8.16. The molecule has 0 saturated heterocycles. The molecule has 5 heteroatoms. The highest BCUT2D eigenvalue weighted by atomic mass is 16.5. The summed E-state index contributed by atoms with van der Waals surface area (Å²) in [6.45, 7) is 3.58. The van der Waals surface area contributed by atoms with E-state index < -0.39 is 0 Å². The van der Waals surface area contributed by atoms with Crippen LogP contribution >= 0.6 is 0 Å². The lowest BCUT2D eigenvalue weighted by Crippen LogP contribution is -2.14. The van der Waals surface area contributed by atoms with Crippen LogP contribution in [0.5, 0.6) is 5.75 Å². The van der Waals surface area contributed by atoms with E-state index in [1.165, 1.54) is 0 Å². The van der Waals surface area contributed by atoms with E-state index in [1.807, 2.05) is 0 Å². The zero-order valence-electron chi connectivity index (χ0n) is 11.4. The van der Waals surface area contributed by atoms with E-state index in [4.69, 9.17) is 4.74 Å². The molecule has 0 aliphatic rings. The van der Waals surface area contributed by atoms with Gasteiger partial charge in [-0.2, -0.15) is 10.2 Å². The second-order valence-corrected chi connectivity index (χ2v) is 4.48. The average molecular weight is 269 g/mol. The zero-order chi connectivity index (χ0) is 14.4. The molecule has 0 amide bonds. The number of carbonyl (C=O) groups is 1. The Hall–Kier alpha value is -2.56. The minimum absolute atomic E-state index is 0.152. The molecule has 5 nitrogen and oxygen atoms in total. The SMILES string of the molecule is CC(C)C(=O)Oc1ccc(/N=N/c2ccncc2)cc1. The van der Waals surface area contributed by atoms with Crippen molar-refractivity contribution in [2.24, 2.45) is 16.1 Å². The average Bonchev–Trinajstić information content (AvgIpc) is 2.47. The molecule has 1 heterocycles. The molecule has 0 saturated carbocycles. The number of benzene rings is 1. The van der Waals surface area contributed by atoms with E-state index in [9.17, 15) is 4.79 Å². The molecule has 0 unspecified atom stereocenters. The van der Waals surface area contributed by atoms with Gasteiger partial charge in [-0.05, 0) is 36.4 Å². The molecule has 0 bridgehead atoms. The summed E-state index contributed by atoms with van der Waals surface area (Å²) in [5.41, 5.74) is 1.42. The van der Waals surface area contributed by atoms with Gasteiger partial charge in [0.2, 0.25) is 0 Å². The highest BCUT2D eigenvalue weighted by molar-refractivity contribution is 5.74. The first kappa shape index (κ1) is 13.9. The fraction of sp³-hybridized carbons (Fsp3) is 0.200. The predicted molar refractivity (Wildman–Crippen MR) is 75.3 cm³/mol. The third-order valence-corrected chi connectivity index (χ3v) is 2.47. The van der Waals surface area contributed by atoms with Gasteiger partial charge in [-0.25, -0.2) is 0 Å². The van der Waals surface area contributed by atoms with E-state index in [1.54, 1.807) is 62.6 Å². The Bertz CT molecular complexity index is 592. The predicted octanol–water partition coefficient (Wildman–Crippen LogP) is 4.06. The molecule has 0 aliphatic heterocycles. The van der Waals surface area contributed by atoms with Crippen molar-refractivity contribution in [1.29, 1.82) is 0 Å². The minimum atomic E-state index is -0.254. The van der Waals surface area contributed by atoms with Gasteiger partial charge >= 0.3 is 5.97 Å². The second-order valence-electron chi connectivity index (χ2n) is 4.48. The van der Waals surface area contributed by atoms with Gasteiger partial charge in [0.1, 0.15) is 5.75 Å². The molecule has 1 aromatic heterocycles. The van der Waals surface area contributed by atoms with Crippen molar-refractivity contribution in [3.8, 4) is 5.75 Å². The summed E-state index contributed by atoms with van der Waals surface area (Å²) >= 11 is 0. The molecule has 0 spiro atoms. The van der Waals surface area contributed by atoms with Gasteiger partial charge in [-0.1, -0.05) is 13.8 Å². The van der Waals surface area contributed by atoms with Crippen molar-refractivity contribution < 1.29 is 9.53 Å². The number of esters is 1. The molecule has 0 fully saturated rings. The quantitative estimate of drug-likeness (QED) is 0.477. The highest BCUT2D eigenvalue weighted by Crippen LogP contribution is 2.21. The summed E-state index contributed by atoms with van der Waals surface area (Å²) in [7, 11) is 0. The Balaban J connectivity index is 2.02. The molecule has 0 radical (unpaired) electrons. The van der Waals surface area contributed by atoms with Gasteiger partial charge in [-0.15, -0.1) is 0 Å². The first-order valence-corrected chi connectivity index (χ1v) is 6.28. The fourth-order valence-corrected chi connectivity index (χ4v) is 1.34. The lowest BCUT2D eigenvalue weighted by molar-refractivity contribution is -0.137. The maximum Gasteiger partial charge on any atom is 0.313 e. The lowest BCUT2D eigenvalue weighted by atomic mass is 10.2. The standard InChI is InChI=1S/C15H15N3O2/c1-11(2)15(19)20-14-5-3-12(4-6-14)17-18-13-7-9-16-10-8-13/h3-11H,1-2H3/b18-17+. The van der Waals surface area contributed by atoms with Gasteiger partial charge in [0, 0.05) is 12.4 Å². The van der Waals surface area contributed by atoms with E-state index in [2.05, 4.69) is 15.2 Å². The monoisotopic (exact) mass is 269 g/mol. The Labute approximate surface area is 117 Å². The van der Waals surface area contributed by atoms with Crippen molar-refractivity contribution in [2.45, 2.75) is 13.8 Å². The summed E-state index contributed by atoms with van der Waals surface area (Å²) in [6.07, 6.45) is 3.31. The normalized spacial score (nSPS) is 10.9. The van der Waals surface area contributed by atoms with Gasteiger partial charge < -0.3 is 4.74 Å². The molecule has 20 heavy (non-hydrogen) atoms. The van der Waals surface area contributed by atoms with E-state index in [0.717, 1.165) is 5.69 Å². The van der Waals surface area contributed by atoms with E-state index >= 15 is 0 Å². The van der Waals surface area contributed by atoms with Crippen LogP contribution in [0, 0.1) is 5.92 Å². The van der Waals surface area contributed by atoms with Gasteiger partial charge in [-0.3, -0.25) is 9.78 Å². The minimum Gasteiger partial charge on any atom is -0.426 e. The van der Waals surface area contributed by atoms with Crippen LogP contribution in [0.4, 0.5) is 11.4 Å². The number of aromatic nitrogens is 1. The smallest absolute Gasteiger partial charge is 0.313 e. The zero-order valence-corrected chi connectivity index (χ0v) is 11.4. The molecular formula is C15H15N3O2. The second kappa shape index (κ2) is 6.56. The highest BCUT2D eigenvalue weighted by Gasteiger charge is 2.09. The number of pyridine rings is 1. The summed E-state index contributed by atoms with van der Waals surface area (Å²) in [5.74, 6) is 0.101. The molecule has 0 atom stereocenters. The van der Waals surface area contributed by atoms with Crippen molar-refractivity contribution in [2.75, 3.05) is 0 Å². The first-order valence-electron chi connectivity index (χ1n) is 6.28. The molecule has 1 aromatic carbocycles. The van der Waals surface area contributed by atoms with Gasteiger partial charge in [0.25, 0.3) is 0 Å². The van der Waals surface area contributed by atoms with Crippen LogP contribution in [0.25, 0.3) is 0 Å². The van der Waals surface area contributed by atoms with Crippen molar-refractivity contribution in [3.05, 3.63) is 48.8 Å². The lowest BCUT2D eigenvalue weighted by Gasteiger charge is -2.06. The third kappa shape index (κ3) is 3.98. The van der Waals surface area contributed by atoms with Crippen LogP contribution in [-0.2, 0) is 4.79 Å². The number of rotatable bonds is 4. The summed E-state index contributed by atoms with van der Waals surface area (Å²) in [4.78, 5) is 15.3.